The molecule has 12 N–H and O–H groups in total. The van der Waals surface area contributed by atoms with Gasteiger partial charge in [0.05, 0.1) is 12.5 Å². The highest BCUT2D eigenvalue weighted by atomic mass is 16.4. The van der Waals surface area contributed by atoms with Crippen molar-refractivity contribution in [1.82, 2.24) is 16.0 Å². The van der Waals surface area contributed by atoms with Gasteiger partial charge in [0.1, 0.15) is 23.9 Å². The lowest BCUT2D eigenvalue weighted by atomic mass is 10.0. The van der Waals surface area contributed by atoms with E-state index >= 15 is 0 Å². The molecule has 1 aromatic rings. The molecule has 0 aliphatic rings. The van der Waals surface area contributed by atoms with Crippen molar-refractivity contribution >= 4 is 35.6 Å². The van der Waals surface area contributed by atoms with Gasteiger partial charge in [-0.05, 0) is 36.5 Å². The van der Waals surface area contributed by atoms with Crippen LogP contribution >= 0.6 is 0 Å². The third kappa shape index (κ3) is 12.1. The van der Waals surface area contributed by atoms with Gasteiger partial charge in [-0.3, -0.25) is 24.2 Å². The van der Waals surface area contributed by atoms with Crippen molar-refractivity contribution in [2.45, 2.75) is 63.7 Å². The van der Waals surface area contributed by atoms with Gasteiger partial charge in [-0.25, -0.2) is 4.79 Å². The molecule has 0 fully saturated rings. The number of carboxylic acid groups (broad SMARTS) is 2. The lowest BCUT2D eigenvalue weighted by Crippen LogP contribution is -2.58. The van der Waals surface area contributed by atoms with Crippen molar-refractivity contribution in [2.24, 2.45) is 28.1 Å². The average Bonchev–Trinajstić information content (AvgIpc) is 2.83. The number of amides is 3. The highest BCUT2D eigenvalue weighted by Crippen LogP contribution is 2.12. The number of guanidine groups is 1. The summed E-state index contributed by atoms with van der Waals surface area (Å²) in [5, 5.41) is 35.3. The second-order valence-corrected chi connectivity index (χ2v) is 9.21. The van der Waals surface area contributed by atoms with Gasteiger partial charge in [0, 0.05) is 13.0 Å². The fourth-order valence-electron chi connectivity index (χ4n) is 3.45. The number of rotatable bonds is 16. The van der Waals surface area contributed by atoms with Crippen LogP contribution in [0.5, 0.6) is 5.75 Å². The van der Waals surface area contributed by atoms with Crippen molar-refractivity contribution in [1.29, 1.82) is 0 Å². The van der Waals surface area contributed by atoms with Crippen LogP contribution in [0.1, 0.15) is 38.7 Å². The number of benzene rings is 1. The first-order valence-electron chi connectivity index (χ1n) is 12.2. The lowest BCUT2D eigenvalue weighted by Gasteiger charge is -2.27. The Labute approximate surface area is 225 Å². The number of nitrogens with zero attached hydrogens (tertiary/aromatic N) is 1. The standard InChI is InChI=1S/C24H37N7O8/c1-12(2)19(31-20(35)15(25)11-18(33)34)22(37)29-16(4-3-9-28-24(26)27)21(36)30-17(23(38)39)10-13-5-7-14(32)8-6-13/h5-8,12,15-17,19,32H,3-4,9-11,25H2,1-2H3,(H,29,37)(H,30,36)(H,31,35)(H,33,34)(H,38,39)(H4,26,27,28). The second-order valence-electron chi connectivity index (χ2n) is 9.21. The van der Waals surface area contributed by atoms with E-state index in [1.807, 2.05) is 0 Å². The SMILES string of the molecule is CC(C)C(NC(=O)C(N)CC(=O)O)C(=O)NC(CCCN=C(N)N)C(=O)NC(Cc1ccc(O)cc1)C(=O)O. The predicted molar refractivity (Wildman–Crippen MR) is 140 cm³/mol. The number of nitrogens with two attached hydrogens (primary N) is 3. The number of hydrogen-bond acceptors (Lipinski definition) is 8. The van der Waals surface area contributed by atoms with E-state index in [4.69, 9.17) is 22.3 Å². The molecule has 39 heavy (non-hydrogen) atoms. The zero-order chi connectivity index (χ0) is 29.7. The molecule has 15 heteroatoms. The van der Waals surface area contributed by atoms with Crippen LogP contribution in [0.2, 0.25) is 0 Å². The smallest absolute Gasteiger partial charge is 0.326 e. The number of phenols is 1. The van der Waals surface area contributed by atoms with Gasteiger partial charge in [0.2, 0.25) is 17.7 Å². The highest BCUT2D eigenvalue weighted by Gasteiger charge is 2.32. The van der Waals surface area contributed by atoms with Gasteiger partial charge in [-0.15, -0.1) is 0 Å². The van der Waals surface area contributed by atoms with E-state index in [0.29, 0.717) is 5.56 Å². The van der Waals surface area contributed by atoms with Crippen LogP contribution in [0.25, 0.3) is 0 Å². The third-order valence-corrected chi connectivity index (χ3v) is 5.55. The summed E-state index contributed by atoms with van der Waals surface area (Å²) in [6.07, 6.45) is -0.473. The van der Waals surface area contributed by atoms with E-state index in [0.717, 1.165) is 0 Å². The van der Waals surface area contributed by atoms with Crippen molar-refractivity contribution in [2.75, 3.05) is 6.54 Å². The number of hydrogen-bond donors (Lipinski definition) is 9. The molecule has 4 atom stereocenters. The molecule has 1 rings (SSSR count). The molecule has 15 nitrogen and oxygen atoms in total. The maximum Gasteiger partial charge on any atom is 0.326 e. The van der Waals surface area contributed by atoms with Gasteiger partial charge in [-0.2, -0.15) is 0 Å². The van der Waals surface area contributed by atoms with Crippen molar-refractivity contribution in [3.8, 4) is 5.75 Å². The molecule has 0 aromatic heterocycles. The molecule has 1 aromatic carbocycles. The average molecular weight is 552 g/mol. The fraction of sp³-hybridized carbons (Fsp3) is 0.500. The van der Waals surface area contributed by atoms with Crippen LogP contribution in [-0.2, 0) is 30.4 Å². The summed E-state index contributed by atoms with van der Waals surface area (Å²) in [5.41, 5.74) is 16.8. The first kappa shape index (κ1) is 32.6. The van der Waals surface area contributed by atoms with E-state index in [1.165, 1.54) is 24.3 Å². The van der Waals surface area contributed by atoms with Crippen molar-refractivity contribution in [3.05, 3.63) is 29.8 Å². The summed E-state index contributed by atoms with van der Waals surface area (Å²) >= 11 is 0. The topological polar surface area (TPSA) is 273 Å². The van der Waals surface area contributed by atoms with E-state index in [9.17, 15) is 34.2 Å². The maximum atomic E-state index is 13.1. The second kappa shape index (κ2) is 15.8. The molecular weight excluding hydrogens is 514 g/mol. The van der Waals surface area contributed by atoms with Crippen LogP contribution in [0, 0.1) is 5.92 Å². The summed E-state index contributed by atoms with van der Waals surface area (Å²) < 4.78 is 0. The largest absolute Gasteiger partial charge is 0.508 e. The number of carbonyl (C=O) groups excluding carboxylic acids is 3. The van der Waals surface area contributed by atoms with Crippen molar-refractivity contribution in [3.63, 3.8) is 0 Å². The summed E-state index contributed by atoms with van der Waals surface area (Å²) in [6, 6.07) is 0.641. The van der Waals surface area contributed by atoms with E-state index in [1.54, 1.807) is 13.8 Å². The Morgan fingerprint density at radius 3 is 2.00 bits per heavy atom. The predicted octanol–water partition coefficient (Wildman–Crippen LogP) is -2.01. The Morgan fingerprint density at radius 1 is 0.897 bits per heavy atom. The Bertz CT molecular complexity index is 1040. The molecule has 0 bridgehead atoms. The first-order chi connectivity index (χ1) is 18.2. The Balaban J connectivity index is 3.06. The molecule has 0 saturated carbocycles. The van der Waals surface area contributed by atoms with Gasteiger partial charge >= 0.3 is 11.9 Å². The Kier molecular flexibility index (Phi) is 13.2. The van der Waals surface area contributed by atoms with E-state index in [2.05, 4.69) is 20.9 Å². The van der Waals surface area contributed by atoms with Crippen molar-refractivity contribution < 1.29 is 39.3 Å². The van der Waals surface area contributed by atoms with Gasteiger partial charge in [0.15, 0.2) is 5.96 Å². The minimum atomic E-state index is -1.40. The summed E-state index contributed by atoms with van der Waals surface area (Å²) in [5.74, 6) is -5.67. The van der Waals surface area contributed by atoms with Crippen LogP contribution < -0.4 is 33.2 Å². The molecular formula is C24H37N7O8. The molecule has 0 heterocycles. The van der Waals surface area contributed by atoms with Crippen LogP contribution in [0.3, 0.4) is 0 Å². The minimum absolute atomic E-state index is 0.00562. The quantitative estimate of drug-likeness (QED) is 0.0614. The number of phenolic OH excluding ortho intramolecular Hbond substituents is 1. The van der Waals surface area contributed by atoms with E-state index < -0.39 is 66.2 Å². The first-order valence-corrected chi connectivity index (χ1v) is 12.2. The molecule has 0 saturated heterocycles. The van der Waals surface area contributed by atoms with Crippen LogP contribution in [0.4, 0.5) is 0 Å². The van der Waals surface area contributed by atoms with Crippen LogP contribution in [-0.4, -0.2) is 81.7 Å². The molecule has 3 amide bonds. The van der Waals surface area contributed by atoms with Gasteiger partial charge < -0.3 is 48.5 Å². The molecule has 4 unspecified atom stereocenters. The summed E-state index contributed by atoms with van der Waals surface area (Å²) in [4.78, 5) is 65.1. The number of aromatic hydroxyl groups is 1. The maximum absolute atomic E-state index is 13.1. The summed E-state index contributed by atoms with van der Waals surface area (Å²) in [7, 11) is 0. The Hall–Kier alpha value is -4.40. The van der Waals surface area contributed by atoms with Crippen LogP contribution in [0.15, 0.2) is 29.3 Å². The molecule has 216 valence electrons. The minimum Gasteiger partial charge on any atom is -0.508 e. The zero-order valence-electron chi connectivity index (χ0n) is 21.8. The fourth-order valence-corrected chi connectivity index (χ4v) is 3.45. The van der Waals surface area contributed by atoms with Gasteiger partial charge in [-0.1, -0.05) is 26.0 Å². The monoisotopic (exact) mass is 551 g/mol. The third-order valence-electron chi connectivity index (χ3n) is 5.55. The molecule has 0 aliphatic heterocycles. The molecule has 0 radical (unpaired) electrons. The number of nitrogens with one attached hydrogen (secondary N) is 3. The zero-order valence-corrected chi connectivity index (χ0v) is 21.8. The Morgan fingerprint density at radius 2 is 1.49 bits per heavy atom. The number of carbonyl (C=O) groups is 5. The number of carboxylic acids is 2. The molecule has 0 aliphatic carbocycles. The van der Waals surface area contributed by atoms with E-state index in [-0.39, 0.29) is 37.5 Å². The molecule has 0 spiro atoms. The normalized spacial score (nSPS) is 13.8. The van der Waals surface area contributed by atoms with Gasteiger partial charge in [0.25, 0.3) is 0 Å². The number of aliphatic imine (C=N–C) groups is 1. The lowest BCUT2D eigenvalue weighted by molar-refractivity contribution is -0.142. The highest BCUT2D eigenvalue weighted by molar-refractivity contribution is 5.94. The number of aliphatic carboxylic acids is 2. The summed E-state index contributed by atoms with van der Waals surface area (Å²) in [6.45, 7) is 3.38.